The Morgan fingerprint density at radius 3 is 2.45 bits per heavy atom. The molecule has 0 bridgehead atoms. The number of aliphatic hydroxyl groups excluding tert-OH is 1. The first-order valence-electron chi connectivity index (χ1n) is 8.24. The molecule has 2 atom stereocenters. The van der Waals surface area contributed by atoms with E-state index in [0.717, 1.165) is 25.4 Å². The molecule has 1 aromatic rings. The number of nitrogens with zero attached hydrogens (tertiary/aromatic N) is 1. The molecule has 0 saturated heterocycles. The highest BCUT2D eigenvalue weighted by Crippen LogP contribution is 2.41. The van der Waals surface area contributed by atoms with Crippen molar-refractivity contribution in [2.24, 2.45) is 0 Å². The van der Waals surface area contributed by atoms with Gasteiger partial charge in [0, 0.05) is 31.1 Å². The van der Waals surface area contributed by atoms with Gasteiger partial charge >= 0.3 is 0 Å². The maximum absolute atomic E-state index is 9.90. The fraction of sp³-hybridized carbons (Fsp3) is 0.765. The van der Waals surface area contributed by atoms with E-state index in [1.807, 2.05) is 6.92 Å². The Kier molecular flexibility index (Phi) is 6.06. The standard InChI is InChI=1S/C17H30NOS/c1-4-18(5-2)20-12-11-16(17(20)13-14(3)19)15-9-7-6-8-10-15/h11-12,14-15,19H,4-10,13H2,1-3H3/q+1. The first kappa shape index (κ1) is 16.0. The summed E-state index contributed by atoms with van der Waals surface area (Å²) in [6.45, 7) is 8.58. The molecular formula is C17H30NOS+. The SMILES string of the molecule is CCN(CC)[s+]1ccc(C2CCCCC2)c1CC(C)O. The van der Waals surface area contributed by atoms with Crippen LogP contribution in [0, 0.1) is 0 Å². The zero-order valence-corrected chi connectivity index (χ0v) is 14.1. The van der Waals surface area contributed by atoms with Crippen LogP contribution in [0.4, 0.5) is 0 Å². The van der Waals surface area contributed by atoms with Gasteiger partial charge in [0.25, 0.3) is 0 Å². The van der Waals surface area contributed by atoms with Gasteiger partial charge in [-0.1, -0.05) is 19.3 Å². The first-order chi connectivity index (χ1) is 9.67. The number of hydrogen-bond donors (Lipinski definition) is 1. The molecule has 114 valence electrons. The second-order valence-corrected chi connectivity index (χ2v) is 7.91. The van der Waals surface area contributed by atoms with Gasteiger partial charge in [-0.2, -0.15) is 0 Å². The Morgan fingerprint density at radius 1 is 1.25 bits per heavy atom. The monoisotopic (exact) mass is 296 g/mol. The zero-order valence-electron chi connectivity index (χ0n) is 13.3. The van der Waals surface area contributed by atoms with E-state index in [4.69, 9.17) is 0 Å². The van der Waals surface area contributed by atoms with Crippen molar-refractivity contribution in [2.75, 3.05) is 17.4 Å². The molecule has 2 nitrogen and oxygen atoms in total. The van der Waals surface area contributed by atoms with E-state index in [2.05, 4.69) is 29.6 Å². The van der Waals surface area contributed by atoms with Crippen molar-refractivity contribution in [1.82, 2.24) is 0 Å². The molecule has 1 aliphatic carbocycles. The van der Waals surface area contributed by atoms with Crippen molar-refractivity contribution in [3.63, 3.8) is 0 Å². The highest BCUT2D eigenvalue weighted by atomic mass is 32.2. The minimum absolute atomic E-state index is 0.117. The number of thiophene rings is 1. The van der Waals surface area contributed by atoms with Crippen LogP contribution in [0.15, 0.2) is 11.4 Å². The lowest BCUT2D eigenvalue weighted by Crippen LogP contribution is -2.22. The smallest absolute Gasteiger partial charge is 0.178 e. The van der Waals surface area contributed by atoms with Gasteiger partial charge in [0.15, 0.2) is 10.3 Å². The van der Waals surface area contributed by atoms with Gasteiger partial charge in [0.2, 0.25) is 0 Å². The summed E-state index contributed by atoms with van der Waals surface area (Å²) >= 11 is 0. The molecule has 2 unspecified atom stereocenters. The number of rotatable bonds is 6. The highest BCUT2D eigenvalue weighted by Gasteiger charge is 2.30. The molecule has 0 radical (unpaired) electrons. The third-order valence-corrected chi connectivity index (χ3v) is 6.83. The molecule has 1 aromatic heterocycles. The van der Waals surface area contributed by atoms with Gasteiger partial charge in [-0.15, -0.1) is 4.31 Å². The molecule has 1 N–H and O–H groups in total. The van der Waals surface area contributed by atoms with Crippen LogP contribution in [0.2, 0.25) is 0 Å². The Bertz CT molecular complexity index is 403. The van der Waals surface area contributed by atoms with Crippen molar-refractivity contribution >= 4 is 10.7 Å². The van der Waals surface area contributed by atoms with E-state index in [-0.39, 0.29) is 16.8 Å². The van der Waals surface area contributed by atoms with Crippen LogP contribution in [0.1, 0.15) is 69.2 Å². The van der Waals surface area contributed by atoms with Gasteiger partial charge in [-0.3, -0.25) is 0 Å². The van der Waals surface area contributed by atoms with Crippen LogP contribution in [-0.2, 0) is 6.42 Å². The van der Waals surface area contributed by atoms with Crippen LogP contribution in [-0.4, -0.2) is 24.3 Å². The predicted octanol–water partition coefficient (Wildman–Crippen LogP) is 4.38. The molecular weight excluding hydrogens is 266 g/mol. The summed E-state index contributed by atoms with van der Waals surface area (Å²) in [6.07, 6.45) is 7.47. The Labute approximate surface area is 126 Å². The van der Waals surface area contributed by atoms with Crippen LogP contribution in [0.5, 0.6) is 0 Å². The van der Waals surface area contributed by atoms with Crippen LogP contribution < -0.4 is 4.31 Å². The Hall–Kier alpha value is -0.380. The molecule has 0 aromatic carbocycles. The van der Waals surface area contributed by atoms with Crippen molar-refractivity contribution in [1.29, 1.82) is 0 Å². The van der Waals surface area contributed by atoms with Crippen molar-refractivity contribution in [3.05, 3.63) is 21.9 Å². The summed E-state index contributed by atoms with van der Waals surface area (Å²) in [5.41, 5.74) is 1.57. The fourth-order valence-electron chi connectivity index (χ4n) is 3.43. The van der Waals surface area contributed by atoms with Crippen molar-refractivity contribution in [3.8, 4) is 0 Å². The Balaban J connectivity index is 2.30. The van der Waals surface area contributed by atoms with E-state index >= 15 is 0 Å². The van der Waals surface area contributed by atoms with Gasteiger partial charge in [-0.05, 0) is 39.5 Å². The molecule has 1 heterocycles. The molecule has 0 aliphatic heterocycles. The van der Waals surface area contributed by atoms with Gasteiger partial charge < -0.3 is 5.11 Å². The second-order valence-electron chi connectivity index (χ2n) is 6.00. The Morgan fingerprint density at radius 2 is 1.90 bits per heavy atom. The minimum Gasteiger partial charge on any atom is -0.393 e. The largest absolute Gasteiger partial charge is 0.393 e. The lowest BCUT2D eigenvalue weighted by molar-refractivity contribution is 0.196. The summed E-state index contributed by atoms with van der Waals surface area (Å²) in [5.74, 6) is 0.752. The average Bonchev–Trinajstić information content (AvgIpc) is 2.84. The quantitative estimate of drug-likeness (QED) is 0.787. The normalized spacial score (nSPS) is 19.6. The van der Waals surface area contributed by atoms with Gasteiger partial charge in [-0.25, -0.2) is 0 Å². The fourth-order valence-corrected chi connectivity index (χ4v) is 5.79. The second kappa shape index (κ2) is 7.58. The lowest BCUT2D eigenvalue weighted by Gasteiger charge is -2.21. The van der Waals surface area contributed by atoms with Crippen LogP contribution in [0.25, 0.3) is 0 Å². The summed E-state index contributed by atoms with van der Waals surface area (Å²) in [6, 6.07) is 2.38. The predicted molar refractivity (Wildman–Crippen MR) is 89.4 cm³/mol. The molecule has 1 saturated carbocycles. The lowest BCUT2D eigenvalue weighted by atomic mass is 9.84. The summed E-state index contributed by atoms with van der Waals surface area (Å²) in [5, 5.41) is 12.3. The zero-order chi connectivity index (χ0) is 14.5. The molecule has 1 aliphatic rings. The van der Waals surface area contributed by atoms with Gasteiger partial charge in [0.1, 0.15) is 0 Å². The van der Waals surface area contributed by atoms with E-state index in [1.165, 1.54) is 37.0 Å². The summed E-state index contributed by atoms with van der Waals surface area (Å²) in [7, 11) is 0.117. The van der Waals surface area contributed by atoms with E-state index in [0.29, 0.717) is 0 Å². The highest BCUT2D eigenvalue weighted by molar-refractivity contribution is 7.32. The van der Waals surface area contributed by atoms with E-state index < -0.39 is 0 Å². The molecule has 3 heteroatoms. The topological polar surface area (TPSA) is 23.5 Å². The van der Waals surface area contributed by atoms with E-state index in [1.54, 1.807) is 5.56 Å². The maximum atomic E-state index is 9.90. The van der Waals surface area contributed by atoms with Crippen molar-refractivity contribution in [2.45, 2.75) is 71.3 Å². The third-order valence-electron chi connectivity index (χ3n) is 4.46. The molecule has 20 heavy (non-hydrogen) atoms. The van der Waals surface area contributed by atoms with Crippen LogP contribution in [0.3, 0.4) is 0 Å². The van der Waals surface area contributed by atoms with Crippen LogP contribution >= 0.6 is 10.7 Å². The average molecular weight is 296 g/mol. The molecule has 0 amide bonds. The number of aliphatic hydroxyl groups is 1. The minimum atomic E-state index is -0.228. The molecule has 2 rings (SSSR count). The van der Waals surface area contributed by atoms with E-state index in [9.17, 15) is 5.11 Å². The summed E-state index contributed by atoms with van der Waals surface area (Å²) < 4.78 is 2.53. The third kappa shape index (κ3) is 3.63. The molecule has 1 fully saturated rings. The van der Waals surface area contributed by atoms with Gasteiger partial charge in [0.05, 0.1) is 16.8 Å². The maximum Gasteiger partial charge on any atom is 0.178 e. The summed E-state index contributed by atoms with van der Waals surface area (Å²) in [4.78, 5) is 1.52. The number of hydrogen-bond acceptors (Lipinski definition) is 2. The first-order valence-corrected chi connectivity index (χ1v) is 9.49. The van der Waals surface area contributed by atoms with Crippen molar-refractivity contribution < 1.29 is 5.11 Å². The molecule has 0 spiro atoms.